The molecule has 0 N–H and O–H groups in total. The Morgan fingerprint density at radius 1 is 1.29 bits per heavy atom. The van der Waals surface area contributed by atoms with Gasteiger partial charge in [-0.25, -0.2) is 0 Å². The topological polar surface area (TPSA) is 40.1 Å². The normalized spacial score (nSPS) is 11.9. The number of aliphatic carboxylic acids is 1. The van der Waals surface area contributed by atoms with Gasteiger partial charge in [0.15, 0.2) is 0 Å². The third-order valence-corrected chi connectivity index (χ3v) is 2.85. The third-order valence-electron chi connectivity index (χ3n) is 2.85. The van der Waals surface area contributed by atoms with Gasteiger partial charge in [-0.1, -0.05) is 44.2 Å². The molecule has 0 aliphatic rings. The van der Waals surface area contributed by atoms with E-state index in [4.69, 9.17) is 0 Å². The molecular formula is C15H19O2-. The van der Waals surface area contributed by atoms with E-state index in [0.717, 1.165) is 12.8 Å². The molecule has 17 heavy (non-hydrogen) atoms. The number of carbonyl (C=O) groups excluding carboxylic acids is 1. The molecule has 0 bridgehead atoms. The van der Waals surface area contributed by atoms with Crippen LogP contribution in [-0.4, -0.2) is 5.97 Å². The number of carboxylic acids is 1. The van der Waals surface area contributed by atoms with E-state index in [1.807, 2.05) is 0 Å². The van der Waals surface area contributed by atoms with Crippen LogP contribution in [0.15, 0.2) is 35.9 Å². The Labute approximate surface area is 103 Å². The van der Waals surface area contributed by atoms with Gasteiger partial charge in [-0.05, 0) is 42.4 Å². The molecule has 1 aromatic rings. The zero-order valence-corrected chi connectivity index (χ0v) is 10.7. The summed E-state index contributed by atoms with van der Waals surface area (Å²) in [4.78, 5) is 10.5. The van der Waals surface area contributed by atoms with E-state index in [2.05, 4.69) is 38.1 Å². The first-order valence-electron chi connectivity index (χ1n) is 5.97. The Morgan fingerprint density at radius 3 is 2.35 bits per heavy atom. The molecule has 0 aromatic heterocycles. The number of allylic oxidation sites excluding steroid dienone is 1. The van der Waals surface area contributed by atoms with Gasteiger partial charge in [0.1, 0.15) is 0 Å². The molecule has 0 heterocycles. The monoisotopic (exact) mass is 231 g/mol. The minimum Gasteiger partial charge on any atom is -0.545 e. The Morgan fingerprint density at radius 2 is 1.88 bits per heavy atom. The lowest BCUT2D eigenvalue weighted by molar-refractivity contribution is -0.299. The van der Waals surface area contributed by atoms with Crippen LogP contribution in [0.4, 0.5) is 0 Å². The van der Waals surface area contributed by atoms with E-state index in [0.29, 0.717) is 11.5 Å². The lowest BCUT2D eigenvalue weighted by atomic mass is 10.00. The smallest absolute Gasteiger partial charge is 0.0668 e. The largest absolute Gasteiger partial charge is 0.545 e. The quantitative estimate of drug-likeness (QED) is 0.730. The highest BCUT2D eigenvalue weighted by atomic mass is 16.4. The maximum absolute atomic E-state index is 10.5. The first-order chi connectivity index (χ1) is 8.00. The molecule has 0 unspecified atom stereocenters. The van der Waals surface area contributed by atoms with Crippen molar-refractivity contribution in [3.05, 3.63) is 47.0 Å². The van der Waals surface area contributed by atoms with Crippen molar-refractivity contribution in [2.75, 3.05) is 0 Å². The van der Waals surface area contributed by atoms with Crippen LogP contribution in [0.2, 0.25) is 0 Å². The molecule has 2 nitrogen and oxygen atoms in total. The van der Waals surface area contributed by atoms with Gasteiger partial charge in [0.25, 0.3) is 0 Å². The number of carbonyl (C=O) groups is 1. The van der Waals surface area contributed by atoms with Gasteiger partial charge in [0, 0.05) is 0 Å². The van der Waals surface area contributed by atoms with Crippen molar-refractivity contribution in [1.82, 2.24) is 0 Å². The average molecular weight is 231 g/mol. The predicted octanol–water partition coefficient (Wildman–Crippen LogP) is 2.44. The van der Waals surface area contributed by atoms with Crippen LogP contribution in [0.25, 0.3) is 0 Å². The standard InChI is InChI=1S/C15H20O2/c1-11(2)14-9-7-13(8-10-14)6-4-5-12(3)15(16)17/h5,7-11H,4,6H2,1-3H3,(H,16,17)/p-1/b12-5+. The van der Waals surface area contributed by atoms with E-state index in [9.17, 15) is 9.90 Å². The van der Waals surface area contributed by atoms with Crippen LogP contribution in [0.1, 0.15) is 44.2 Å². The molecule has 0 fully saturated rings. The van der Waals surface area contributed by atoms with Crippen molar-refractivity contribution in [2.45, 2.75) is 39.5 Å². The molecule has 0 aliphatic heterocycles. The fraction of sp³-hybridized carbons (Fsp3) is 0.400. The highest BCUT2D eigenvalue weighted by Gasteiger charge is 1.98. The summed E-state index contributed by atoms with van der Waals surface area (Å²) in [5, 5.41) is 10.5. The molecule has 0 radical (unpaired) electrons. The molecule has 92 valence electrons. The average Bonchev–Trinajstić information content (AvgIpc) is 2.29. The first kappa shape index (κ1) is 13.5. The van der Waals surface area contributed by atoms with E-state index in [1.165, 1.54) is 11.1 Å². The van der Waals surface area contributed by atoms with Crippen molar-refractivity contribution in [3.63, 3.8) is 0 Å². The Kier molecular flexibility index (Phi) is 4.95. The van der Waals surface area contributed by atoms with Gasteiger partial charge in [0.05, 0.1) is 5.97 Å². The minimum absolute atomic E-state index is 0.309. The molecular weight excluding hydrogens is 212 g/mol. The fourth-order valence-corrected chi connectivity index (χ4v) is 1.61. The van der Waals surface area contributed by atoms with E-state index < -0.39 is 5.97 Å². The molecule has 0 saturated heterocycles. The van der Waals surface area contributed by atoms with Crippen LogP contribution in [-0.2, 0) is 11.2 Å². The second-order valence-electron chi connectivity index (χ2n) is 4.61. The molecule has 0 aliphatic carbocycles. The summed E-state index contributed by atoms with van der Waals surface area (Å²) in [5.41, 5.74) is 2.87. The van der Waals surface area contributed by atoms with Crippen LogP contribution in [0.5, 0.6) is 0 Å². The van der Waals surface area contributed by atoms with E-state index in [-0.39, 0.29) is 0 Å². The summed E-state index contributed by atoms with van der Waals surface area (Å²) in [7, 11) is 0. The van der Waals surface area contributed by atoms with E-state index >= 15 is 0 Å². The number of rotatable bonds is 5. The highest BCUT2D eigenvalue weighted by molar-refractivity contribution is 5.83. The van der Waals surface area contributed by atoms with E-state index in [1.54, 1.807) is 13.0 Å². The molecule has 2 heteroatoms. The summed E-state index contributed by atoms with van der Waals surface area (Å²) >= 11 is 0. The van der Waals surface area contributed by atoms with Crippen molar-refractivity contribution < 1.29 is 9.90 Å². The predicted molar refractivity (Wildman–Crippen MR) is 67.6 cm³/mol. The molecule has 0 saturated carbocycles. The van der Waals surface area contributed by atoms with Crippen molar-refractivity contribution >= 4 is 5.97 Å². The number of carboxylic acid groups (broad SMARTS) is 1. The zero-order chi connectivity index (χ0) is 12.8. The van der Waals surface area contributed by atoms with Crippen LogP contribution < -0.4 is 5.11 Å². The Balaban J connectivity index is 2.53. The van der Waals surface area contributed by atoms with Crippen molar-refractivity contribution in [3.8, 4) is 0 Å². The SMILES string of the molecule is C/C(=C\CCc1ccc(C(C)C)cc1)C(=O)[O-]. The molecule has 0 atom stereocenters. The number of aryl methyl sites for hydroxylation is 1. The number of hydrogen-bond acceptors (Lipinski definition) is 2. The van der Waals surface area contributed by atoms with Crippen LogP contribution >= 0.6 is 0 Å². The lowest BCUT2D eigenvalue weighted by Gasteiger charge is -2.06. The van der Waals surface area contributed by atoms with Gasteiger partial charge in [0.2, 0.25) is 0 Å². The molecule has 0 spiro atoms. The fourth-order valence-electron chi connectivity index (χ4n) is 1.61. The van der Waals surface area contributed by atoms with Crippen LogP contribution in [0.3, 0.4) is 0 Å². The maximum atomic E-state index is 10.5. The zero-order valence-electron chi connectivity index (χ0n) is 10.7. The second kappa shape index (κ2) is 6.24. The van der Waals surface area contributed by atoms with Crippen molar-refractivity contribution in [1.29, 1.82) is 0 Å². The van der Waals surface area contributed by atoms with Gasteiger partial charge in [-0.3, -0.25) is 0 Å². The summed E-state index contributed by atoms with van der Waals surface area (Å²) < 4.78 is 0. The van der Waals surface area contributed by atoms with Gasteiger partial charge >= 0.3 is 0 Å². The second-order valence-corrected chi connectivity index (χ2v) is 4.61. The summed E-state index contributed by atoms with van der Waals surface area (Å²) in [6.07, 6.45) is 3.32. The van der Waals surface area contributed by atoms with Crippen molar-refractivity contribution in [2.24, 2.45) is 0 Å². The lowest BCUT2D eigenvalue weighted by Crippen LogP contribution is -2.22. The molecule has 0 amide bonds. The van der Waals surface area contributed by atoms with Crippen LogP contribution in [0, 0.1) is 0 Å². The third kappa shape index (κ3) is 4.43. The Bertz CT molecular complexity index is 399. The number of hydrogen-bond donors (Lipinski definition) is 0. The van der Waals surface area contributed by atoms with Gasteiger partial charge < -0.3 is 9.90 Å². The first-order valence-corrected chi connectivity index (χ1v) is 5.97. The maximum Gasteiger partial charge on any atom is 0.0668 e. The molecule has 1 rings (SSSR count). The highest BCUT2D eigenvalue weighted by Crippen LogP contribution is 2.15. The number of benzene rings is 1. The molecule has 1 aromatic carbocycles. The minimum atomic E-state index is -1.08. The Hall–Kier alpha value is -1.57. The summed E-state index contributed by atoms with van der Waals surface area (Å²) in [6.45, 7) is 5.90. The summed E-state index contributed by atoms with van der Waals surface area (Å²) in [5.74, 6) is -0.538. The summed E-state index contributed by atoms with van der Waals surface area (Å²) in [6, 6.07) is 8.49. The van der Waals surface area contributed by atoms with Gasteiger partial charge in [-0.15, -0.1) is 0 Å². The van der Waals surface area contributed by atoms with Gasteiger partial charge in [-0.2, -0.15) is 0 Å².